The molecular formula is C7H5O2. The molecule has 0 aliphatic rings. The third-order valence-electron chi connectivity index (χ3n) is 1.01. The van der Waals surface area contributed by atoms with Crippen molar-refractivity contribution in [2.75, 3.05) is 0 Å². The molecule has 45 valence electrons. The normalized spacial score (nSPS) is 8.89. The first-order chi connectivity index (χ1) is 4.30. The van der Waals surface area contributed by atoms with E-state index in [-0.39, 0.29) is 5.56 Å². The third kappa shape index (κ3) is 1.29. The Morgan fingerprint density at radius 2 is 1.78 bits per heavy atom. The molecule has 0 aromatic heterocycles. The average molecular weight is 107 g/mol. The summed E-state index contributed by atoms with van der Waals surface area (Å²) in [5, 5.41) is 10.1. The Morgan fingerprint density at radius 3 is 2.11 bits per heavy atom. The van der Waals surface area contributed by atoms with E-state index in [1.54, 1.807) is 18.2 Å². The van der Waals surface area contributed by atoms with Gasteiger partial charge >= 0.3 is 5.97 Å². The van der Waals surface area contributed by atoms with Gasteiger partial charge in [0.15, 0.2) is 0 Å². The molecule has 1 aromatic carbocycles. The van der Waals surface area contributed by atoms with Gasteiger partial charge in [0.05, 0.1) is 5.56 Å². The summed E-state index contributed by atoms with van der Waals surface area (Å²) in [5.41, 5.74) is 0.220. The van der Waals surface area contributed by atoms with Crippen LogP contribution in [0.2, 0.25) is 0 Å². The topological polar surface area (TPSA) is 37.0 Å². The zero-order chi connectivity index (χ0) is 6.69. The summed E-state index contributed by atoms with van der Waals surface area (Å²) in [6.45, 7) is 0. The number of carbonyl (C=O) groups is 1. The summed E-state index contributed by atoms with van der Waals surface area (Å²) in [6, 6.07) is 8.06. The monoisotopic (exact) mass is 107 g/mol. The maximum atomic E-state index is 10.1. The van der Waals surface area contributed by atoms with Gasteiger partial charge in [-0.1, -0.05) is 18.2 Å². The number of hydrogen-bond acceptors (Lipinski definition) is 1. The van der Waals surface area contributed by atoms with E-state index in [9.17, 15) is 9.90 Å². The maximum absolute atomic E-state index is 10.1. The van der Waals surface area contributed by atoms with Crippen molar-refractivity contribution in [1.29, 1.82) is 0 Å². The van der Waals surface area contributed by atoms with Crippen LogP contribution in [0.25, 0.3) is 0 Å². The van der Waals surface area contributed by atoms with Crippen LogP contribution >= 0.6 is 0 Å². The fourth-order valence-corrected chi connectivity index (χ4v) is 0.574. The van der Waals surface area contributed by atoms with E-state index in [4.69, 9.17) is 0 Å². The lowest BCUT2D eigenvalue weighted by molar-refractivity contribution is 0.0573. The molecule has 1 rings (SSSR count). The molecule has 0 atom stereocenters. The van der Waals surface area contributed by atoms with Gasteiger partial charge in [-0.15, -0.1) is 0 Å². The highest BCUT2D eigenvalue weighted by Gasteiger charge is 1.99. The second kappa shape index (κ2) is 2.31. The van der Waals surface area contributed by atoms with Crippen molar-refractivity contribution in [3.8, 4) is 0 Å². The highest BCUT2D eigenvalue weighted by Crippen LogP contribution is 1.96. The Kier molecular flexibility index (Phi) is 1.49. The summed E-state index contributed by atoms with van der Waals surface area (Å²) >= 11 is 0. The molecule has 0 saturated heterocycles. The first kappa shape index (κ1) is 5.82. The lowest BCUT2D eigenvalue weighted by Crippen LogP contribution is -1.91. The van der Waals surface area contributed by atoms with Crippen LogP contribution in [0.4, 0.5) is 0 Å². The van der Waals surface area contributed by atoms with E-state index in [1.807, 2.05) is 0 Å². The predicted octanol–water partition coefficient (Wildman–Crippen LogP) is 1.26. The fraction of sp³-hybridized carbons (Fsp3) is 0. The van der Waals surface area contributed by atoms with Crippen LogP contribution in [0.3, 0.4) is 0 Å². The SMILES string of the molecule is O=C([2O])c1ccccc1. The number of carbonyl (C=O) groups excluding carboxylic acids is 1. The van der Waals surface area contributed by atoms with E-state index < -0.39 is 5.97 Å². The van der Waals surface area contributed by atoms with Crippen LogP contribution < -0.4 is 0 Å². The molecule has 0 amide bonds. The van der Waals surface area contributed by atoms with Crippen molar-refractivity contribution in [3.63, 3.8) is 0 Å². The van der Waals surface area contributed by atoms with Crippen molar-refractivity contribution in [3.05, 3.63) is 35.9 Å². The molecule has 0 saturated carbocycles. The van der Waals surface area contributed by atoms with Crippen LogP contribution in [0.15, 0.2) is 30.3 Å². The summed E-state index contributed by atoms with van der Waals surface area (Å²) in [5.74, 6) is -1.13. The Balaban J connectivity index is 2.98. The van der Waals surface area contributed by atoms with Gasteiger partial charge < -0.3 is 0 Å². The van der Waals surface area contributed by atoms with Gasteiger partial charge in [-0.05, 0) is 12.1 Å². The molecule has 0 heterocycles. The highest BCUT2D eigenvalue weighted by atomic mass is 16.1. The minimum atomic E-state index is -1.13. The Bertz CT molecular complexity index is 203. The van der Waals surface area contributed by atoms with E-state index in [1.165, 1.54) is 12.1 Å². The van der Waals surface area contributed by atoms with Crippen molar-refractivity contribution < 1.29 is 9.90 Å². The molecule has 0 unspecified atom stereocenters. The van der Waals surface area contributed by atoms with E-state index >= 15 is 0 Å². The zero-order valence-electron chi connectivity index (χ0n) is 4.70. The largest absolute Gasteiger partial charge is 0.386 e. The standard InChI is InChI=1S/C7H5O2/c8-7(9)6-4-2-1-3-5-6/h1-5H/i8-14. The van der Waals surface area contributed by atoms with Crippen LogP contribution in [-0.2, 0) is 5.11 Å². The summed E-state index contributed by atoms with van der Waals surface area (Å²) in [6.07, 6.45) is 0. The third-order valence-corrected chi connectivity index (χ3v) is 1.01. The Morgan fingerprint density at radius 1 is 1.22 bits per heavy atom. The van der Waals surface area contributed by atoms with Crippen molar-refractivity contribution in [1.82, 2.24) is 0 Å². The highest BCUT2D eigenvalue weighted by molar-refractivity contribution is 5.86. The van der Waals surface area contributed by atoms with Crippen LogP contribution in [0.1, 0.15) is 10.4 Å². The van der Waals surface area contributed by atoms with E-state index in [0.717, 1.165) is 0 Å². The Hall–Kier alpha value is -1.31. The van der Waals surface area contributed by atoms with Gasteiger partial charge in [0.2, 0.25) is 0 Å². The van der Waals surface area contributed by atoms with Crippen molar-refractivity contribution in [2.24, 2.45) is 0 Å². The average Bonchev–Trinajstić information content (AvgIpc) is 1.90. The second-order valence-corrected chi connectivity index (χ2v) is 1.65. The fourth-order valence-electron chi connectivity index (χ4n) is 0.574. The number of benzene rings is 1. The van der Waals surface area contributed by atoms with Gasteiger partial charge in [-0.3, -0.25) is 0 Å². The molecular weight excluding hydrogens is 102 g/mol. The number of rotatable bonds is 1. The van der Waals surface area contributed by atoms with Crippen molar-refractivity contribution >= 4 is 5.97 Å². The second-order valence-electron chi connectivity index (χ2n) is 1.65. The summed E-state index contributed by atoms with van der Waals surface area (Å²) in [4.78, 5) is 10.1. The van der Waals surface area contributed by atoms with E-state index in [2.05, 4.69) is 0 Å². The van der Waals surface area contributed by atoms with Gasteiger partial charge in [-0.25, -0.2) is 9.90 Å². The van der Waals surface area contributed by atoms with Gasteiger partial charge in [0, 0.05) is 0 Å². The Labute approximate surface area is 52.8 Å². The molecule has 0 spiro atoms. The van der Waals surface area contributed by atoms with Gasteiger partial charge in [0.25, 0.3) is 0 Å². The number of hydrogen-bond donors (Lipinski definition) is 0. The van der Waals surface area contributed by atoms with Crippen LogP contribution in [0.5, 0.6) is 0 Å². The summed E-state index contributed by atoms with van der Waals surface area (Å²) in [7, 11) is 0. The summed E-state index contributed by atoms with van der Waals surface area (Å²) < 4.78 is 0. The first-order valence-electron chi connectivity index (χ1n) is 2.57. The van der Waals surface area contributed by atoms with Crippen LogP contribution in [0, 0.1) is 0 Å². The van der Waals surface area contributed by atoms with Crippen LogP contribution in [-0.4, -0.2) is 5.97 Å². The maximum Gasteiger partial charge on any atom is 0.386 e. The molecule has 2 heteroatoms. The molecule has 1 radical (unpaired) electrons. The minimum absolute atomic E-state index is 0.220. The first-order valence-corrected chi connectivity index (χ1v) is 2.57. The lowest BCUT2D eigenvalue weighted by Gasteiger charge is -1.85. The molecule has 1 aromatic rings. The molecule has 0 aliphatic heterocycles. The van der Waals surface area contributed by atoms with Crippen molar-refractivity contribution in [2.45, 2.75) is 0 Å². The predicted molar refractivity (Wildman–Crippen MR) is 31.5 cm³/mol. The lowest BCUT2D eigenvalue weighted by atomic mass is 1.90. The molecule has 0 aliphatic carbocycles. The van der Waals surface area contributed by atoms with Gasteiger partial charge in [-0.2, -0.15) is 0 Å². The quantitative estimate of drug-likeness (QED) is 0.532. The molecule has 0 bridgehead atoms. The smallest absolute Gasteiger partial charge is 0.242 e. The molecule has 9 heavy (non-hydrogen) atoms. The molecule has 0 fully saturated rings. The van der Waals surface area contributed by atoms with E-state index in [0.29, 0.717) is 0 Å². The molecule has 2 nitrogen and oxygen atoms in total. The minimum Gasteiger partial charge on any atom is -0.242 e. The van der Waals surface area contributed by atoms with Gasteiger partial charge in [0.1, 0.15) is 0 Å². The molecule has 0 N–H and O–H groups in total. The zero-order valence-corrected chi connectivity index (χ0v) is 4.70.